The number of carbonyl (C=O) groups excluding carboxylic acids is 1. The molecule has 0 spiro atoms. The molecular formula is C19H21F3N4O. The first-order chi connectivity index (χ1) is 12.8. The van der Waals surface area contributed by atoms with Crippen LogP contribution in [-0.2, 0) is 19.0 Å². The molecule has 0 saturated carbocycles. The van der Waals surface area contributed by atoms with E-state index in [0.29, 0.717) is 13.0 Å². The van der Waals surface area contributed by atoms with Crippen molar-refractivity contribution in [1.29, 1.82) is 0 Å². The van der Waals surface area contributed by atoms with Crippen molar-refractivity contribution in [2.45, 2.75) is 25.4 Å². The number of halogens is 3. The standard InChI is InChI=1S/C19H21F3N4O/c1-26-11-3-4-13-7-8-15(24-17(13)26)9-10-23-18(27)25-16-6-2-5-14(12-16)19(20,21)22/h2,5-8,12H,3-4,9-11H2,1H3,(H2,23,25,27). The molecule has 0 unspecified atom stereocenters. The highest BCUT2D eigenvalue weighted by Crippen LogP contribution is 2.30. The molecule has 2 aromatic rings. The van der Waals surface area contributed by atoms with Crippen molar-refractivity contribution in [1.82, 2.24) is 10.3 Å². The number of alkyl halides is 3. The van der Waals surface area contributed by atoms with Crippen LogP contribution in [0.2, 0.25) is 0 Å². The molecule has 2 N–H and O–H groups in total. The number of urea groups is 1. The van der Waals surface area contributed by atoms with Gasteiger partial charge in [0.05, 0.1) is 5.56 Å². The molecular weight excluding hydrogens is 357 g/mol. The third-order valence-corrected chi connectivity index (χ3v) is 4.43. The van der Waals surface area contributed by atoms with Gasteiger partial charge in [-0.2, -0.15) is 13.2 Å². The Morgan fingerprint density at radius 3 is 2.85 bits per heavy atom. The van der Waals surface area contributed by atoms with Gasteiger partial charge in [-0.15, -0.1) is 0 Å². The van der Waals surface area contributed by atoms with E-state index in [2.05, 4.69) is 26.6 Å². The lowest BCUT2D eigenvalue weighted by Crippen LogP contribution is -2.31. The summed E-state index contributed by atoms with van der Waals surface area (Å²) in [6.07, 6.45) is -1.77. The van der Waals surface area contributed by atoms with Gasteiger partial charge in [-0.25, -0.2) is 9.78 Å². The Balaban J connectivity index is 1.52. The molecule has 8 heteroatoms. The zero-order valence-corrected chi connectivity index (χ0v) is 14.9. The first kappa shape index (κ1) is 19.0. The van der Waals surface area contributed by atoms with E-state index >= 15 is 0 Å². The molecule has 1 aliphatic rings. The lowest BCUT2D eigenvalue weighted by molar-refractivity contribution is -0.137. The Hall–Kier alpha value is -2.77. The van der Waals surface area contributed by atoms with Crippen molar-refractivity contribution < 1.29 is 18.0 Å². The Morgan fingerprint density at radius 1 is 1.26 bits per heavy atom. The highest BCUT2D eigenvalue weighted by molar-refractivity contribution is 5.89. The van der Waals surface area contributed by atoms with Gasteiger partial charge in [0.1, 0.15) is 5.82 Å². The van der Waals surface area contributed by atoms with Crippen molar-refractivity contribution in [2.75, 3.05) is 30.4 Å². The number of fused-ring (bicyclic) bond motifs is 1. The summed E-state index contributed by atoms with van der Waals surface area (Å²) in [5, 5.41) is 5.06. The molecule has 3 rings (SSSR count). The van der Waals surface area contributed by atoms with Crippen LogP contribution in [0, 0.1) is 0 Å². The van der Waals surface area contributed by atoms with Crippen LogP contribution in [-0.4, -0.2) is 31.2 Å². The van der Waals surface area contributed by atoms with Crippen LogP contribution >= 0.6 is 0 Å². The van der Waals surface area contributed by atoms with Crippen LogP contribution < -0.4 is 15.5 Å². The first-order valence-corrected chi connectivity index (χ1v) is 8.75. The number of nitrogens with zero attached hydrogens (tertiary/aromatic N) is 2. The largest absolute Gasteiger partial charge is 0.416 e. The van der Waals surface area contributed by atoms with Gasteiger partial charge in [0.25, 0.3) is 0 Å². The molecule has 2 heterocycles. The molecule has 1 aliphatic heterocycles. The minimum atomic E-state index is -4.44. The maximum atomic E-state index is 12.7. The summed E-state index contributed by atoms with van der Waals surface area (Å²) in [7, 11) is 2.01. The second-order valence-electron chi connectivity index (χ2n) is 6.52. The van der Waals surface area contributed by atoms with Crippen LogP contribution in [0.1, 0.15) is 23.2 Å². The van der Waals surface area contributed by atoms with Crippen LogP contribution in [0.4, 0.5) is 29.5 Å². The van der Waals surface area contributed by atoms with Crippen LogP contribution in [0.3, 0.4) is 0 Å². The lowest BCUT2D eigenvalue weighted by Gasteiger charge is -2.26. The van der Waals surface area contributed by atoms with Gasteiger partial charge in [0.15, 0.2) is 0 Å². The van der Waals surface area contributed by atoms with Crippen molar-refractivity contribution in [3.8, 4) is 0 Å². The average Bonchev–Trinajstić information content (AvgIpc) is 2.62. The summed E-state index contributed by atoms with van der Waals surface area (Å²) in [6, 6.07) is 7.99. The Labute approximate surface area is 155 Å². The Morgan fingerprint density at radius 2 is 2.07 bits per heavy atom. The van der Waals surface area contributed by atoms with Crippen LogP contribution in [0.15, 0.2) is 36.4 Å². The second kappa shape index (κ2) is 7.85. The number of aromatic nitrogens is 1. The molecule has 144 valence electrons. The molecule has 0 saturated heterocycles. The van der Waals surface area contributed by atoms with Crippen molar-refractivity contribution in [2.24, 2.45) is 0 Å². The quantitative estimate of drug-likeness (QED) is 0.850. The molecule has 1 aromatic carbocycles. The maximum absolute atomic E-state index is 12.7. The molecule has 2 amide bonds. The third kappa shape index (κ3) is 4.90. The molecule has 0 fully saturated rings. The van der Waals surface area contributed by atoms with Crippen molar-refractivity contribution in [3.63, 3.8) is 0 Å². The minimum absolute atomic E-state index is 0.0934. The van der Waals surface area contributed by atoms with Crippen molar-refractivity contribution in [3.05, 3.63) is 53.2 Å². The molecule has 1 aromatic heterocycles. The number of hydrogen-bond donors (Lipinski definition) is 2. The number of aryl methyl sites for hydroxylation is 1. The molecule has 0 radical (unpaired) electrons. The summed E-state index contributed by atoms with van der Waals surface area (Å²) in [5.74, 6) is 0.979. The fourth-order valence-electron chi connectivity index (χ4n) is 3.05. The first-order valence-electron chi connectivity index (χ1n) is 8.75. The molecule has 5 nitrogen and oxygen atoms in total. The predicted molar refractivity (Wildman–Crippen MR) is 98.0 cm³/mol. The number of amides is 2. The summed E-state index contributed by atoms with van der Waals surface area (Å²) < 4.78 is 38.1. The predicted octanol–water partition coefficient (Wildman–Crippen LogP) is 3.85. The number of benzene rings is 1. The zero-order chi connectivity index (χ0) is 19.4. The summed E-state index contributed by atoms with van der Waals surface area (Å²) >= 11 is 0. The van der Waals surface area contributed by atoms with E-state index < -0.39 is 17.8 Å². The third-order valence-electron chi connectivity index (χ3n) is 4.43. The number of carbonyl (C=O) groups is 1. The fourth-order valence-corrected chi connectivity index (χ4v) is 3.05. The molecule has 0 bridgehead atoms. The molecule has 0 atom stereocenters. The zero-order valence-electron chi connectivity index (χ0n) is 14.9. The Kier molecular flexibility index (Phi) is 5.53. The normalized spacial score (nSPS) is 13.9. The summed E-state index contributed by atoms with van der Waals surface area (Å²) in [4.78, 5) is 18.7. The van der Waals surface area contributed by atoms with E-state index in [1.807, 2.05) is 13.1 Å². The van der Waals surface area contributed by atoms with Crippen molar-refractivity contribution >= 4 is 17.5 Å². The van der Waals surface area contributed by atoms with Gasteiger partial charge >= 0.3 is 12.2 Å². The minimum Gasteiger partial charge on any atom is -0.359 e. The van der Waals surface area contributed by atoms with Gasteiger partial charge < -0.3 is 15.5 Å². The number of hydrogen-bond acceptors (Lipinski definition) is 3. The fraction of sp³-hybridized carbons (Fsp3) is 0.368. The van der Waals surface area contributed by atoms with Gasteiger partial charge in [-0.05, 0) is 42.7 Å². The number of nitrogens with one attached hydrogen (secondary N) is 2. The smallest absolute Gasteiger partial charge is 0.359 e. The average molecular weight is 378 g/mol. The monoisotopic (exact) mass is 378 g/mol. The summed E-state index contributed by atoms with van der Waals surface area (Å²) in [5.41, 5.74) is 1.38. The van der Waals surface area contributed by atoms with E-state index in [4.69, 9.17) is 0 Å². The van der Waals surface area contributed by atoms with E-state index in [-0.39, 0.29) is 5.69 Å². The number of anilines is 2. The van der Waals surface area contributed by atoms with Gasteiger partial charge in [-0.3, -0.25) is 0 Å². The highest BCUT2D eigenvalue weighted by atomic mass is 19.4. The van der Waals surface area contributed by atoms with Crippen LogP contribution in [0.5, 0.6) is 0 Å². The Bertz CT molecular complexity index is 823. The van der Waals surface area contributed by atoms with E-state index in [9.17, 15) is 18.0 Å². The van der Waals surface area contributed by atoms with Gasteiger partial charge in [0.2, 0.25) is 0 Å². The van der Waals surface area contributed by atoms with Gasteiger partial charge in [0, 0.05) is 37.9 Å². The molecule has 0 aliphatic carbocycles. The molecule has 27 heavy (non-hydrogen) atoms. The van der Waals surface area contributed by atoms with E-state index in [0.717, 1.165) is 43.0 Å². The van der Waals surface area contributed by atoms with E-state index in [1.54, 1.807) is 0 Å². The van der Waals surface area contributed by atoms with Crippen LogP contribution in [0.25, 0.3) is 0 Å². The highest BCUT2D eigenvalue weighted by Gasteiger charge is 2.30. The topological polar surface area (TPSA) is 57.3 Å². The lowest BCUT2D eigenvalue weighted by atomic mass is 10.1. The maximum Gasteiger partial charge on any atom is 0.416 e. The van der Waals surface area contributed by atoms with E-state index in [1.165, 1.54) is 17.7 Å². The number of pyridine rings is 1. The second-order valence-corrected chi connectivity index (χ2v) is 6.52. The summed E-state index contributed by atoms with van der Waals surface area (Å²) in [6.45, 7) is 1.31. The van der Waals surface area contributed by atoms with Gasteiger partial charge in [-0.1, -0.05) is 12.1 Å². The number of rotatable bonds is 4. The SMILES string of the molecule is CN1CCCc2ccc(CCNC(=O)Nc3cccc(C(F)(F)F)c3)nc21.